The molecule has 0 saturated heterocycles. The first-order valence-electron chi connectivity index (χ1n) is 8.34. The Labute approximate surface area is 153 Å². The molecular formula is C15H25N7O3S. The molecule has 0 aliphatic carbocycles. The number of aromatic nitrogens is 3. The summed E-state index contributed by atoms with van der Waals surface area (Å²) in [6, 6.07) is 3.65. The first kappa shape index (κ1) is 19.9. The number of aliphatic imine (C=N–C) groups is 1. The molecular weight excluding hydrogens is 358 g/mol. The highest BCUT2D eigenvalue weighted by molar-refractivity contribution is 7.88. The van der Waals surface area contributed by atoms with Gasteiger partial charge in [0.2, 0.25) is 10.0 Å². The third kappa shape index (κ3) is 7.23. The van der Waals surface area contributed by atoms with Crippen LogP contribution in [0.25, 0.3) is 0 Å². The van der Waals surface area contributed by atoms with E-state index >= 15 is 0 Å². The number of aryl methyl sites for hydroxylation is 1. The molecule has 2 heterocycles. The van der Waals surface area contributed by atoms with Crippen LogP contribution in [0.15, 0.2) is 34.1 Å². The van der Waals surface area contributed by atoms with Gasteiger partial charge < -0.3 is 19.6 Å². The zero-order valence-electron chi connectivity index (χ0n) is 15.0. The van der Waals surface area contributed by atoms with Crippen molar-refractivity contribution in [1.82, 2.24) is 30.1 Å². The van der Waals surface area contributed by atoms with E-state index in [1.807, 2.05) is 17.6 Å². The molecule has 0 radical (unpaired) electrons. The maximum Gasteiger partial charge on any atom is 0.208 e. The fourth-order valence-electron chi connectivity index (χ4n) is 2.19. The van der Waals surface area contributed by atoms with Crippen LogP contribution in [0.1, 0.15) is 18.5 Å². The Balaban J connectivity index is 1.86. The van der Waals surface area contributed by atoms with Crippen molar-refractivity contribution in [3.63, 3.8) is 0 Å². The maximum atomic E-state index is 11.1. The average molecular weight is 383 g/mol. The lowest BCUT2D eigenvalue weighted by Gasteiger charge is -2.13. The summed E-state index contributed by atoms with van der Waals surface area (Å²) in [4.78, 5) is 4.44. The highest BCUT2D eigenvalue weighted by Crippen LogP contribution is 2.01. The first-order valence-corrected chi connectivity index (χ1v) is 10.2. The van der Waals surface area contributed by atoms with Crippen LogP contribution >= 0.6 is 0 Å². The zero-order valence-corrected chi connectivity index (χ0v) is 15.8. The lowest BCUT2D eigenvalue weighted by molar-refractivity contribution is 0.511. The maximum absolute atomic E-state index is 11.1. The smallest absolute Gasteiger partial charge is 0.208 e. The van der Waals surface area contributed by atoms with E-state index in [9.17, 15) is 8.42 Å². The lowest BCUT2D eigenvalue weighted by atomic mass is 10.4. The van der Waals surface area contributed by atoms with Gasteiger partial charge in [-0.05, 0) is 12.1 Å². The van der Waals surface area contributed by atoms with Crippen LogP contribution in [-0.2, 0) is 29.5 Å². The molecule has 0 atom stereocenters. The van der Waals surface area contributed by atoms with Crippen molar-refractivity contribution >= 4 is 16.0 Å². The predicted molar refractivity (Wildman–Crippen MR) is 98.1 cm³/mol. The largest absolute Gasteiger partial charge is 0.467 e. The molecule has 0 fully saturated rings. The molecule has 0 amide bonds. The van der Waals surface area contributed by atoms with Gasteiger partial charge in [-0.2, -0.15) is 0 Å². The number of rotatable bonds is 10. The minimum atomic E-state index is -3.21. The fraction of sp³-hybridized carbons (Fsp3) is 0.533. The van der Waals surface area contributed by atoms with Crippen LogP contribution in [0.2, 0.25) is 0 Å². The molecule has 3 N–H and O–H groups in total. The molecule has 0 aromatic carbocycles. The van der Waals surface area contributed by atoms with Crippen LogP contribution < -0.4 is 15.4 Å². The molecule has 11 heteroatoms. The summed E-state index contributed by atoms with van der Waals surface area (Å²) in [6.07, 6.45) is 5.24. The van der Waals surface area contributed by atoms with Crippen molar-refractivity contribution in [3.05, 3.63) is 36.3 Å². The number of guanidine groups is 1. The number of sulfonamides is 1. The highest BCUT2D eigenvalue weighted by atomic mass is 32.2. The van der Waals surface area contributed by atoms with Gasteiger partial charge in [0, 0.05) is 32.6 Å². The minimum absolute atomic E-state index is 0.270. The average Bonchev–Trinajstić information content (AvgIpc) is 3.26. The molecule has 26 heavy (non-hydrogen) atoms. The molecule has 0 aliphatic rings. The van der Waals surface area contributed by atoms with E-state index < -0.39 is 10.0 Å². The summed E-state index contributed by atoms with van der Waals surface area (Å²) >= 11 is 0. The quantitative estimate of drug-likeness (QED) is 0.292. The summed E-state index contributed by atoms with van der Waals surface area (Å²) < 4.78 is 31.9. The summed E-state index contributed by atoms with van der Waals surface area (Å²) in [5.74, 6) is 2.24. The van der Waals surface area contributed by atoms with Gasteiger partial charge in [0.15, 0.2) is 5.96 Å². The Morgan fingerprint density at radius 3 is 2.81 bits per heavy atom. The topological polar surface area (TPSA) is 126 Å². The lowest BCUT2D eigenvalue weighted by Crippen LogP contribution is -2.42. The molecule has 0 aliphatic heterocycles. The normalized spacial score (nSPS) is 12.3. The summed E-state index contributed by atoms with van der Waals surface area (Å²) in [5.41, 5.74) is 0. The Bertz CT molecular complexity index is 784. The van der Waals surface area contributed by atoms with Crippen LogP contribution in [0.4, 0.5) is 0 Å². The van der Waals surface area contributed by atoms with E-state index in [0.29, 0.717) is 32.1 Å². The van der Waals surface area contributed by atoms with Crippen LogP contribution in [0.5, 0.6) is 0 Å². The summed E-state index contributed by atoms with van der Waals surface area (Å²) in [7, 11) is -3.21. The standard InChI is InChI=1S/C15H25N7O3S/c1-3-14-21-19-12-22(14)9-8-17-15(16-6-7-20-26(2,23)24)18-11-13-5-4-10-25-13/h4-5,10,12,20H,3,6-9,11H2,1-2H3,(H2,16,17,18). The Morgan fingerprint density at radius 2 is 2.12 bits per heavy atom. The second kappa shape index (κ2) is 9.92. The fourth-order valence-corrected chi connectivity index (χ4v) is 2.66. The van der Waals surface area contributed by atoms with Crippen molar-refractivity contribution < 1.29 is 12.8 Å². The van der Waals surface area contributed by atoms with Gasteiger partial charge in [-0.3, -0.25) is 0 Å². The van der Waals surface area contributed by atoms with Gasteiger partial charge in [-0.15, -0.1) is 10.2 Å². The highest BCUT2D eigenvalue weighted by Gasteiger charge is 2.04. The van der Waals surface area contributed by atoms with E-state index in [1.165, 1.54) is 0 Å². The Kier molecular flexibility index (Phi) is 7.60. The summed E-state index contributed by atoms with van der Waals surface area (Å²) in [6.45, 7) is 4.40. The summed E-state index contributed by atoms with van der Waals surface area (Å²) in [5, 5.41) is 14.3. The zero-order chi connectivity index (χ0) is 18.8. The predicted octanol–water partition coefficient (Wildman–Crippen LogP) is -0.282. The van der Waals surface area contributed by atoms with Crippen molar-refractivity contribution in [2.75, 3.05) is 25.9 Å². The third-order valence-corrected chi connectivity index (χ3v) is 4.14. The Morgan fingerprint density at radius 1 is 1.31 bits per heavy atom. The Hall–Kier alpha value is -2.40. The third-order valence-electron chi connectivity index (χ3n) is 3.41. The number of hydrogen-bond acceptors (Lipinski definition) is 6. The number of nitrogens with zero attached hydrogens (tertiary/aromatic N) is 4. The number of hydrogen-bond donors (Lipinski definition) is 3. The molecule has 2 aromatic rings. The van der Waals surface area contributed by atoms with Gasteiger partial charge in [-0.25, -0.2) is 18.1 Å². The van der Waals surface area contributed by atoms with Crippen molar-refractivity contribution in [2.24, 2.45) is 4.99 Å². The molecule has 0 bridgehead atoms. The molecule has 10 nitrogen and oxygen atoms in total. The number of nitrogens with one attached hydrogen (secondary N) is 3. The number of furan rings is 1. The van der Waals surface area contributed by atoms with Crippen LogP contribution in [-0.4, -0.2) is 55.0 Å². The van der Waals surface area contributed by atoms with Crippen molar-refractivity contribution in [1.29, 1.82) is 0 Å². The minimum Gasteiger partial charge on any atom is -0.467 e. The van der Waals surface area contributed by atoms with E-state index in [1.54, 1.807) is 18.7 Å². The van der Waals surface area contributed by atoms with Crippen molar-refractivity contribution in [3.8, 4) is 0 Å². The molecule has 0 unspecified atom stereocenters. The van der Waals surface area contributed by atoms with Crippen LogP contribution in [0.3, 0.4) is 0 Å². The monoisotopic (exact) mass is 383 g/mol. The van der Waals surface area contributed by atoms with Gasteiger partial charge in [-0.1, -0.05) is 6.92 Å². The second-order valence-electron chi connectivity index (χ2n) is 5.56. The van der Waals surface area contributed by atoms with E-state index in [2.05, 4.69) is 30.5 Å². The molecule has 0 spiro atoms. The van der Waals surface area contributed by atoms with Gasteiger partial charge in [0.05, 0.1) is 12.5 Å². The van der Waals surface area contributed by atoms with Crippen molar-refractivity contribution in [2.45, 2.75) is 26.4 Å². The second-order valence-corrected chi connectivity index (χ2v) is 7.39. The molecule has 2 aromatic heterocycles. The molecule has 2 rings (SSSR count). The van der Waals surface area contributed by atoms with Gasteiger partial charge >= 0.3 is 0 Å². The van der Waals surface area contributed by atoms with Crippen LogP contribution in [0, 0.1) is 0 Å². The van der Waals surface area contributed by atoms with E-state index in [4.69, 9.17) is 4.42 Å². The van der Waals surface area contributed by atoms with Gasteiger partial charge in [0.25, 0.3) is 0 Å². The SMILES string of the molecule is CCc1nncn1CCNC(=NCc1ccco1)NCCNS(C)(=O)=O. The first-order chi connectivity index (χ1) is 12.5. The van der Waals surface area contributed by atoms with E-state index in [-0.39, 0.29) is 6.54 Å². The molecule has 144 valence electrons. The van der Waals surface area contributed by atoms with E-state index in [0.717, 1.165) is 24.3 Å². The van der Waals surface area contributed by atoms with Gasteiger partial charge in [0.1, 0.15) is 24.5 Å². The molecule has 0 saturated carbocycles.